The number of nitrogens with one attached hydrogen (secondary N) is 1. The molecule has 0 saturated heterocycles. The van der Waals surface area contributed by atoms with Crippen molar-refractivity contribution in [3.05, 3.63) is 54.0 Å². The molecule has 0 unspecified atom stereocenters. The predicted octanol–water partition coefficient (Wildman–Crippen LogP) is 2.30. The topological polar surface area (TPSA) is 64.1 Å². The fourth-order valence-corrected chi connectivity index (χ4v) is 1.54. The van der Waals surface area contributed by atoms with Gasteiger partial charge in [0.1, 0.15) is 12.3 Å². The maximum Gasteiger partial charge on any atom is 0.417 e. The minimum Gasteiger partial charge on any atom is -0.476 e. The molecule has 1 amide bonds. The molecule has 0 bridgehead atoms. The van der Waals surface area contributed by atoms with Crippen LogP contribution in [0, 0.1) is 0 Å². The summed E-state index contributed by atoms with van der Waals surface area (Å²) in [7, 11) is 0. The Balaban J connectivity index is 1.76. The third kappa shape index (κ3) is 4.44. The highest BCUT2D eigenvalue weighted by Gasteiger charge is 2.30. The van der Waals surface area contributed by atoms with E-state index in [2.05, 4.69) is 15.3 Å². The minimum atomic E-state index is -4.43. The number of aromatic nitrogens is 2. The average Bonchev–Trinajstić information content (AvgIpc) is 2.52. The lowest BCUT2D eigenvalue weighted by Crippen LogP contribution is -2.28. The zero-order chi connectivity index (χ0) is 16.0. The molecule has 0 aliphatic rings. The fourth-order valence-electron chi connectivity index (χ4n) is 1.54. The van der Waals surface area contributed by atoms with Crippen LogP contribution in [0.5, 0.6) is 5.88 Å². The normalized spacial score (nSPS) is 11.0. The van der Waals surface area contributed by atoms with E-state index in [1.54, 1.807) is 18.2 Å². The molecule has 2 aromatic rings. The summed E-state index contributed by atoms with van der Waals surface area (Å²) in [4.78, 5) is 19.1. The van der Waals surface area contributed by atoms with Crippen LogP contribution in [0.3, 0.4) is 0 Å². The van der Waals surface area contributed by atoms with Gasteiger partial charge in [-0.3, -0.25) is 9.78 Å². The van der Waals surface area contributed by atoms with Crippen LogP contribution in [-0.2, 0) is 6.18 Å². The number of hydrogen-bond donors (Lipinski definition) is 1. The molecule has 22 heavy (non-hydrogen) atoms. The van der Waals surface area contributed by atoms with E-state index in [9.17, 15) is 18.0 Å². The highest BCUT2D eigenvalue weighted by atomic mass is 19.4. The molecule has 2 rings (SSSR count). The predicted molar refractivity (Wildman–Crippen MR) is 71.3 cm³/mol. The van der Waals surface area contributed by atoms with Crippen molar-refractivity contribution in [3.8, 4) is 5.88 Å². The Morgan fingerprint density at radius 3 is 2.59 bits per heavy atom. The number of ether oxygens (including phenoxy) is 1. The van der Waals surface area contributed by atoms with Crippen molar-refractivity contribution in [1.82, 2.24) is 15.3 Å². The number of nitrogens with zero attached hydrogens (tertiary/aromatic N) is 2. The van der Waals surface area contributed by atoms with Gasteiger partial charge in [0.05, 0.1) is 12.1 Å². The molecule has 5 nitrogen and oxygen atoms in total. The molecule has 2 heterocycles. The number of hydrogen-bond acceptors (Lipinski definition) is 4. The minimum absolute atomic E-state index is 0.0556. The number of amides is 1. The van der Waals surface area contributed by atoms with Gasteiger partial charge in [-0.15, -0.1) is 0 Å². The first kappa shape index (κ1) is 15.7. The summed E-state index contributed by atoms with van der Waals surface area (Å²) in [5.74, 6) is -0.301. The van der Waals surface area contributed by atoms with Crippen molar-refractivity contribution in [2.45, 2.75) is 6.18 Å². The number of rotatable bonds is 5. The molecule has 0 aliphatic carbocycles. The van der Waals surface area contributed by atoms with Gasteiger partial charge in [0, 0.05) is 18.5 Å². The summed E-state index contributed by atoms with van der Waals surface area (Å²) >= 11 is 0. The Labute approximate surface area is 124 Å². The van der Waals surface area contributed by atoms with E-state index >= 15 is 0 Å². The smallest absolute Gasteiger partial charge is 0.417 e. The Hall–Kier alpha value is -2.64. The van der Waals surface area contributed by atoms with Crippen LogP contribution in [0.2, 0.25) is 0 Å². The maximum absolute atomic E-state index is 12.3. The van der Waals surface area contributed by atoms with Crippen LogP contribution in [-0.4, -0.2) is 29.0 Å². The molecule has 1 N–H and O–H groups in total. The molecule has 0 aromatic carbocycles. The van der Waals surface area contributed by atoms with E-state index in [0.717, 1.165) is 12.1 Å². The summed E-state index contributed by atoms with van der Waals surface area (Å²) in [6, 6.07) is 6.95. The van der Waals surface area contributed by atoms with Crippen molar-refractivity contribution < 1.29 is 22.7 Å². The van der Waals surface area contributed by atoms with Crippen molar-refractivity contribution in [3.63, 3.8) is 0 Å². The summed E-state index contributed by atoms with van der Waals surface area (Å²) in [5, 5.41) is 2.57. The van der Waals surface area contributed by atoms with Gasteiger partial charge in [-0.2, -0.15) is 13.2 Å². The Kier molecular flexibility index (Phi) is 4.92. The van der Waals surface area contributed by atoms with Crippen molar-refractivity contribution in [1.29, 1.82) is 0 Å². The Bertz CT molecular complexity index is 615. The molecule has 8 heteroatoms. The van der Waals surface area contributed by atoms with Crippen LogP contribution in [0.15, 0.2) is 42.7 Å². The van der Waals surface area contributed by atoms with Crippen LogP contribution in [0.25, 0.3) is 0 Å². The van der Waals surface area contributed by atoms with Crippen LogP contribution in [0.4, 0.5) is 13.2 Å². The van der Waals surface area contributed by atoms with Gasteiger partial charge in [-0.05, 0) is 18.2 Å². The zero-order valence-corrected chi connectivity index (χ0v) is 11.3. The van der Waals surface area contributed by atoms with Gasteiger partial charge >= 0.3 is 6.18 Å². The highest BCUT2D eigenvalue weighted by molar-refractivity contribution is 5.92. The maximum atomic E-state index is 12.3. The monoisotopic (exact) mass is 311 g/mol. The van der Waals surface area contributed by atoms with E-state index in [0.29, 0.717) is 6.20 Å². The molecule has 0 fully saturated rings. The molecule has 0 aliphatic heterocycles. The van der Waals surface area contributed by atoms with Crippen molar-refractivity contribution in [2.24, 2.45) is 0 Å². The molecule has 0 radical (unpaired) electrons. The second kappa shape index (κ2) is 6.88. The van der Waals surface area contributed by atoms with E-state index in [1.807, 2.05) is 0 Å². The van der Waals surface area contributed by atoms with E-state index < -0.39 is 11.7 Å². The standard InChI is InChI=1S/C14H12F3N3O2/c15-14(16,17)10-4-5-12(20-9-10)22-8-7-19-13(21)11-3-1-2-6-18-11/h1-6,9H,7-8H2,(H,19,21). The van der Waals surface area contributed by atoms with Crippen molar-refractivity contribution in [2.75, 3.05) is 13.2 Å². The van der Waals surface area contributed by atoms with E-state index in [4.69, 9.17) is 4.74 Å². The number of alkyl halides is 3. The van der Waals surface area contributed by atoms with Gasteiger partial charge in [-0.25, -0.2) is 4.98 Å². The first-order valence-electron chi connectivity index (χ1n) is 6.32. The fraction of sp³-hybridized carbons (Fsp3) is 0.214. The largest absolute Gasteiger partial charge is 0.476 e. The molecular formula is C14H12F3N3O2. The van der Waals surface area contributed by atoms with Crippen LogP contribution < -0.4 is 10.1 Å². The highest BCUT2D eigenvalue weighted by Crippen LogP contribution is 2.29. The molecule has 0 atom stereocenters. The Morgan fingerprint density at radius 1 is 1.18 bits per heavy atom. The molecule has 0 spiro atoms. The number of halogens is 3. The van der Waals surface area contributed by atoms with Crippen LogP contribution >= 0.6 is 0 Å². The Morgan fingerprint density at radius 2 is 2.00 bits per heavy atom. The summed E-state index contributed by atoms with van der Waals surface area (Å²) in [6.45, 7) is 0.259. The number of carbonyl (C=O) groups excluding carboxylic acids is 1. The molecule has 0 saturated carbocycles. The van der Waals surface area contributed by atoms with Gasteiger partial charge < -0.3 is 10.1 Å². The first-order valence-corrected chi connectivity index (χ1v) is 6.32. The molecular weight excluding hydrogens is 299 g/mol. The van der Waals surface area contributed by atoms with Gasteiger partial charge in [0.2, 0.25) is 5.88 Å². The molecule has 2 aromatic heterocycles. The second-order valence-corrected chi connectivity index (χ2v) is 4.20. The number of carbonyl (C=O) groups is 1. The van der Waals surface area contributed by atoms with Crippen molar-refractivity contribution >= 4 is 5.91 Å². The zero-order valence-electron chi connectivity index (χ0n) is 11.3. The lowest BCUT2D eigenvalue weighted by Gasteiger charge is -2.08. The summed E-state index contributed by atoms with van der Waals surface area (Å²) in [5.41, 5.74) is -0.571. The van der Waals surface area contributed by atoms with Gasteiger partial charge in [0.25, 0.3) is 5.91 Å². The quantitative estimate of drug-likeness (QED) is 0.861. The second-order valence-electron chi connectivity index (χ2n) is 4.20. The summed E-state index contributed by atoms with van der Waals surface area (Å²) < 4.78 is 42.2. The lowest BCUT2D eigenvalue weighted by molar-refractivity contribution is -0.137. The first-order chi connectivity index (χ1) is 10.5. The average molecular weight is 311 g/mol. The van der Waals surface area contributed by atoms with Gasteiger partial charge in [-0.1, -0.05) is 6.07 Å². The van der Waals surface area contributed by atoms with E-state index in [1.165, 1.54) is 6.20 Å². The van der Waals surface area contributed by atoms with E-state index in [-0.39, 0.29) is 30.6 Å². The SMILES string of the molecule is O=C(NCCOc1ccc(C(F)(F)F)cn1)c1ccccn1. The van der Waals surface area contributed by atoms with Gasteiger partial charge in [0.15, 0.2) is 0 Å². The third-order valence-electron chi connectivity index (χ3n) is 2.60. The van der Waals surface area contributed by atoms with Crippen LogP contribution in [0.1, 0.15) is 16.1 Å². The lowest BCUT2D eigenvalue weighted by atomic mass is 10.3. The third-order valence-corrected chi connectivity index (χ3v) is 2.60. The number of pyridine rings is 2. The molecule has 116 valence electrons. The summed E-state index contributed by atoms with van der Waals surface area (Å²) in [6.07, 6.45) is -2.23.